The molecule has 106 valence electrons. The second-order valence-electron chi connectivity index (χ2n) is 4.46. The van der Waals surface area contributed by atoms with E-state index in [4.69, 9.17) is 10.6 Å². The Labute approximate surface area is 115 Å². The summed E-state index contributed by atoms with van der Waals surface area (Å²) >= 11 is 0. The zero-order chi connectivity index (χ0) is 13.8. The van der Waals surface area contributed by atoms with Gasteiger partial charge in [-0.15, -0.1) is 0 Å². The Kier molecular flexibility index (Phi) is 3.70. The molecule has 1 aliphatic heterocycles. The molecule has 0 aliphatic carbocycles. The number of rotatable bonds is 4. The van der Waals surface area contributed by atoms with Crippen LogP contribution >= 0.6 is 0 Å². The predicted octanol–water partition coefficient (Wildman–Crippen LogP) is -0.0662. The monoisotopic (exact) mass is 276 g/mol. The highest BCUT2D eigenvalue weighted by Crippen LogP contribution is 2.13. The number of imidazole rings is 1. The zero-order valence-electron chi connectivity index (χ0n) is 10.9. The Hall–Kier alpha value is -2.26. The molecule has 3 heterocycles. The summed E-state index contributed by atoms with van der Waals surface area (Å²) in [6, 6.07) is 0.201. The van der Waals surface area contributed by atoms with Crippen LogP contribution in [0.3, 0.4) is 0 Å². The van der Waals surface area contributed by atoms with Crippen LogP contribution < -0.4 is 16.6 Å². The number of nitrogen functional groups attached to an aromatic ring is 1. The van der Waals surface area contributed by atoms with Gasteiger partial charge in [0.05, 0.1) is 12.6 Å². The van der Waals surface area contributed by atoms with Crippen molar-refractivity contribution in [1.29, 1.82) is 0 Å². The minimum atomic E-state index is 0.201. The molecule has 1 unspecified atom stereocenters. The van der Waals surface area contributed by atoms with Gasteiger partial charge in [-0.05, 0) is 12.8 Å². The molecule has 3 rings (SSSR count). The van der Waals surface area contributed by atoms with Crippen LogP contribution in [0.4, 0.5) is 11.9 Å². The first-order valence-corrected chi connectivity index (χ1v) is 6.40. The van der Waals surface area contributed by atoms with Crippen molar-refractivity contribution in [2.75, 3.05) is 24.0 Å². The second-order valence-corrected chi connectivity index (χ2v) is 4.46. The molecule has 0 radical (unpaired) electrons. The average molecular weight is 276 g/mol. The van der Waals surface area contributed by atoms with Gasteiger partial charge in [-0.1, -0.05) is 0 Å². The van der Waals surface area contributed by atoms with Gasteiger partial charge in [0, 0.05) is 19.0 Å². The van der Waals surface area contributed by atoms with Crippen molar-refractivity contribution >= 4 is 11.9 Å². The van der Waals surface area contributed by atoms with E-state index in [1.807, 2.05) is 0 Å². The largest absolute Gasteiger partial charge is 0.379 e. The minimum absolute atomic E-state index is 0.201. The van der Waals surface area contributed by atoms with E-state index in [1.165, 1.54) is 0 Å². The fourth-order valence-electron chi connectivity index (χ4n) is 2.02. The second kappa shape index (κ2) is 5.80. The van der Waals surface area contributed by atoms with Gasteiger partial charge < -0.3 is 10.1 Å². The third-order valence-electron chi connectivity index (χ3n) is 2.98. The van der Waals surface area contributed by atoms with Crippen LogP contribution in [-0.2, 0) is 4.74 Å². The van der Waals surface area contributed by atoms with E-state index in [0.717, 1.165) is 19.4 Å². The summed E-state index contributed by atoms with van der Waals surface area (Å²) in [5, 5.41) is 3.24. The summed E-state index contributed by atoms with van der Waals surface area (Å²) in [6.07, 6.45) is 7.07. The van der Waals surface area contributed by atoms with Crippen molar-refractivity contribution < 1.29 is 4.74 Å². The molecule has 1 saturated heterocycles. The van der Waals surface area contributed by atoms with Gasteiger partial charge in [-0.3, -0.25) is 9.99 Å². The lowest BCUT2D eigenvalue weighted by Crippen LogP contribution is -2.31. The highest BCUT2D eigenvalue weighted by molar-refractivity contribution is 5.37. The van der Waals surface area contributed by atoms with E-state index >= 15 is 0 Å². The van der Waals surface area contributed by atoms with Gasteiger partial charge in [0.25, 0.3) is 0 Å². The van der Waals surface area contributed by atoms with E-state index in [9.17, 15) is 0 Å². The van der Waals surface area contributed by atoms with Crippen LogP contribution in [0, 0.1) is 0 Å². The molecule has 9 heteroatoms. The minimum Gasteiger partial charge on any atom is -0.379 e. The van der Waals surface area contributed by atoms with Crippen LogP contribution in [-0.4, -0.2) is 43.8 Å². The summed E-state index contributed by atoms with van der Waals surface area (Å²) in [5.74, 6) is 6.60. The summed E-state index contributed by atoms with van der Waals surface area (Å²) in [4.78, 5) is 16.7. The fourth-order valence-corrected chi connectivity index (χ4v) is 2.02. The molecule has 0 bridgehead atoms. The van der Waals surface area contributed by atoms with Crippen molar-refractivity contribution in [3.63, 3.8) is 0 Å². The summed E-state index contributed by atoms with van der Waals surface area (Å²) < 4.78 is 7.11. The lowest BCUT2D eigenvalue weighted by Gasteiger charge is -2.23. The standard InChI is InChI=1S/C11H16N8O/c12-18-10-15-9(14-8-2-1-5-20-6-8)16-11(17-10)19-4-3-13-7-19/h3-4,7-8H,1-2,5-6,12H2,(H2,14,15,16,17,18). The molecule has 2 aromatic rings. The van der Waals surface area contributed by atoms with Crippen LogP contribution in [0.25, 0.3) is 5.95 Å². The number of nitrogens with zero attached hydrogens (tertiary/aromatic N) is 5. The van der Waals surface area contributed by atoms with Crippen LogP contribution in [0.15, 0.2) is 18.7 Å². The maximum Gasteiger partial charge on any atom is 0.243 e. The molecule has 4 N–H and O–H groups in total. The van der Waals surface area contributed by atoms with Gasteiger partial charge in [-0.25, -0.2) is 10.8 Å². The topological polar surface area (TPSA) is 116 Å². The quantitative estimate of drug-likeness (QED) is 0.525. The van der Waals surface area contributed by atoms with E-state index in [1.54, 1.807) is 23.3 Å². The first kappa shape index (κ1) is 12.8. The molecule has 1 atom stereocenters. The summed E-state index contributed by atoms with van der Waals surface area (Å²) in [7, 11) is 0. The van der Waals surface area contributed by atoms with Crippen LogP contribution in [0.1, 0.15) is 12.8 Å². The van der Waals surface area contributed by atoms with Gasteiger partial charge in [0.15, 0.2) is 0 Å². The number of nitrogens with two attached hydrogens (primary N) is 1. The van der Waals surface area contributed by atoms with Crippen molar-refractivity contribution in [3.8, 4) is 5.95 Å². The van der Waals surface area contributed by atoms with Gasteiger partial charge in [0.2, 0.25) is 17.8 Å². The maximum absolute atomic E-state index is 5.42. The molecule has 0 spiro atoms. The van der Waals surface area contributed by atoms with Gasteiger partial charge in [0.1, 0.15) is 6.33 Å². The number of hydrogen-bond donors (Lipinski definition) is 3. The lowest BCUT2D eigenvalue weighted by atomic mass is 10.1. The SMILES string of the molecule is NNc1nc(NC2CCCOC2)nc(-n2ccnc2)n1. The first-order valence-electron chi connectivity index (χ1n) is 6.40. The predicted molar refractivity (Wildman–Crippen MR) is 72.2 cm³/mol. The molecule has 2 aromatic heterocycles. The molecule has 9 nitrogen and oxygen atoms in total. The summed E-state index contributed by atoms with van der Waals surface area (Å²) in [6.45, 7) is 1.46. The molecule has 1 fully saturated rings. The van der Waals surface area contributed by atoms with Crippen molar-refractivity contribution in [3.05, 3.63) is 18.7 Å². The third kappa shape index (κ3) is 2.83. The Morgan fingerprint density at radius 3 is 2.90 bits per heavy atom. The Balaban J connectivity index is 1.84. The van der Waals surface area contributed by atoms with E-state index in [0.29, 0.717) is 24.5 Å². The Bertz CT molecular complexity index is 552. The first-order chi connectivity index (χ1) is 9.85. The smallest absolute Gasteiger partial charge is 0.243 e. The van der Waals surface area contributed by atoms with E-state index < -0.39 is 0 Å². The van der Waals surface area contributed by atoms with Gasteiger partial charge >= 0.3 is 0 Å². The lowest BCUT2D eigenvalue weighted by molar-refractivity contribution is 0.0874. The Morgan fingerprint density at radius 2 is 2.20 bits per heavy atom. The normalized spacial score (nSPS) is 18.8. The van der Waals surface area contributed by atoms with Crippen molar-refractivity contribution in [2.24, 2.45) is 5.84 Å². The number of ether oxygens (including phenoxy) is 1. The molecule has 0 aromatic carbocycles. The number of nitrogens with one attached hydrogen (secondary N) is 2. The highest BCUT2D eigenvalue weighted by Gasteiger charge is 2.16. The fraction of sp³-hybridized carbons (Fsp3) is 0.455. The number of aromatic nitrogens is 5. The van der Waals surface area contributed by atoms with Crippen molar-refractivity contribution in [2.45, 2.75) is 18.9 Å². The zero-order valence-corrected chi connectivity index (χ0v) is 10.9. The number of anilines is 2. The molecule has 20 heavy (non-hydrogen) atoms. The molecular weight excluding hydrogens is 260 g/mol. The van der Waals surface area contributed by atoms with E-state index in [2.05, 4.69) is 30.7 Å². The highest BCUT2D eigenvalue weighted by atomic mass is 16.5. The molecule has 1 aliphatic rings. The number of hydrazine groups is 1. The van der Waals surface area contributed by atoms with Crippen LogP contribution in [0.5, 0.6) is 0 Å². The van der Waals surface area contributed by atoms with E-state index in [-0.39, 0.29) is 6.04 Å². The van der Waals surface area contributed by atoms with Gasteiger partial charge in [-0.2, -0.15) is 15.0 Å². The summed E-state index contributed by atoms with van der Waals surface area (Å²) in [5.41, 5.74) is 2.44. The third-order valence-corrected chi connectivity index (χ3v) is 2.98. The Morgan fingerprint density at radius 1 is 1.30 bits per heavy atom. The van der Waals surface area contributed by atoms with Crippen LogP contribution in [0.2, 0.25) is 0 Å². The molecule has 0 saturated carbocycles. The molecule has 0 amide bonds. The number of hydrogen-bond acceptors (Lipinski definition) is 8. The van der Waals surface area contributed by atoms with Crippen molar-refractivity contribution in [1.82, 2.24) is 24.5 Å². The maximum atomic E-state index is 5.42. The molecular formula is C11H16N8O. The average Bonchev–Trinajstić information content (AvgIpc) is 3.02.